The van der Waals surface area contributed by atoms with E-state index in [1.54, 1.807) is 12.1 Å². The topological polar surface area (TPSA) is 97.8 Å². The number of hydrogen-bond donors (Lipinski definition) is 2. The van der Waals surface area contributed by atoms with Crippen LogP contribution in [0, 0.1) is 6.92 Å². The number of urea groups is 1. The van der Waals surface area contributed by atoms with Gasteiger partial charge in [0.2, 0.25) is 11.7 Å². The van der Waals surface area contributed by atoms with Gasteiger partial charge in [-0.25, -0.2) is 14.8 Å². The Balaban J connectivity index is 2.08. The molecule has 0 spiro atoms. The Morgan fingerprint density at radius 3 is 2.19 bits per heavy atom. The molecule has 2 N–H and O–H groups in total. The Labute approximate surface area is 158 Å². The van der Waals surface area contributed by atoms with E-state index in [2.05, 4.69) is 20.6 Å². The van der Waals surface area contributed by atoms with Crippen molar-refractivity contribution >= 4 is 17.7 Å². The largest absolute Gasteiger partial charge is 0.493 e. The van der Waals surface area contributed by atoms with Crippen LogP contribution in [0.2, 0.25) is 0 Å². The second kappa shape index (κ2) is 8.93. The van der Waals surface area contributed by atoms with Crippen molar-refractivity contribution in [1.82, 2.24) is 15.3 Å². The van der Waals surface area contributed by atoms with Crippen LogP contribution in [-0.4, -0.2) is 51.4 Å². The summed E-state index contributed by atoms with van der Waals surface area (Å²) >= 11 is 0. The highest BCUT2D eigenvalue weighted by atomic mass is 16.5. The highest BCUT2D eigenvalue weighted by Gasteiger charge is 2.14. The molecule has 2 rings (SSSR count). The van der Waals surface area contributed by atoms with E-state index in [9.17, 15) is 4.79 Å². The molecule has 0 aliphatic carbocycles. The Hall–Kier alpha value is -3.23. The molecule has 0 saturated heterocycles. The number of aryl methyl sites for hydroxylation is 1. The van der Waals surface area contributed by atoms with E-state index >= 15 is 0 Å². The summed E-state index contributed by atoms with van der Waals surface area (Å²) in [7, 11) is 8.28. The zero-order chi connectivity index (χ0) is 20.0. The highest BCUT2D eigenvalue weighted by Crippen LogP contribution is 2.39. The summed E-state index contributed by atoms with van der Waals surface area (Å²) in [6.07, 6.45) is 0. The third-order valence-corrected chi connectivity index (χ3v) is 3.65. The first-order chi connectivity index (χ1) is 12.9. The number of amides is 2. The second-order valence-electron chi connectivity index (χ2n) is 5.92. The number of rotatable bonds is 7. The van der Waals surface area contributed by atoms with Crippen LogP contribution in [0.1, 0.15) is 11.4 Å². The maximum Gasteiger partial charge on any atom is 0.319 e. The Bertz CT molecular complexity index is 785. The third kappa shape index (κ3) is 5.13. The van der Waals surface area contributed by atoms with Crippen molar-refractivity contribution < 1.29 is 19.0 Å². The van der Waals surface area contributed by atoms with Crippen molar-refractivity contribution in [3.8, 4) is 17.2 Å². The quantitative estimate of drug-likeness (QED) is 0.765. The maximum absolute atomic E-state index is 12.3. The minimum Gasteiger partial charge on any atom is -0.493 e. The van der Waals surface area contributed by atoms with Crippen LogP contribution in [0.5, 0.6) is 17.2 Å². The van der Waals surface area contributed by atoms with Gasteiger partial charge >= 0.3 is 6.03 Å². The van der Waals surface area contributed by atoms with E-state index < -0.39 is 0 Å². The summed E-state index contributed by atoms with van der Waals surface area (Å²) in [5.41, 5.74) is 2.05. The molecule has 9 heteroatoms. The molecule has 0 radical (unpaired) electrons. The number of nitrogens with one attached hydrogen (secondary N) is 2. The number of carbonyl (C=O) groups excluding carboxylic acids is 1. The van der Waals surface area contributed by atoms with Crippen molar-refractivity contribution in [2.24, 2.45) is 0 Å². The first-order valence-electron chi connectivity index (χ1n) is 8.24. The average molecular weight is 375 g/mol. The Kier molecular flexibility index (Phi) is 6.64. The van der Waals surface area contributed by atoms with Crippen molar-refractivity contribution in [3.05, 3.63) is 29.6 Å². The standard InChI is InChI=1S/C18H25N5O4/c1-11-7-13(21-17(20-11)23(2)3)10-19-18(24)22-12-8-14(25-4)16(27-6)15(9-12)26-5/h7-9H,10H2,1-6H3,(H2,19,22,24). The number of aromatic nitrogens is 2. The molecule has 1 heterocycles. The number of benzene rings is 1. The monoisotopic (exact) mass is 375 g/mol. The zero-order valence-corrected chi connectivity index (χ0v) is 16.4. The van der Waals surface area contributed by atoms with E-state index in [0.717, 1.165) is 5.69 Å². The first kappa shape index (κ1) is 20.1. The molecule has 0 unspecified atom stereocenters. The van der Waals surface area contributed by atoms with E-state index in [4.69, 9.17) is 14.2 Å². The first-order valence-corrected chi connectivity index (χ1v) is 8.24. The Morgan fingerprint density at radius 1 is 1.04 bits per heavy atom. The average Bonchev–Trinajstić information content (AvgIpc) is 2.65. The molecule has 2 amide bonds. The molecule has 1 aromatic carbocycles. The molecule has 27 heavy (non-hydrogen) atoms. The normalized spacial score (nSPS) is 10.1. The fourth-order valence-corrected chi connectivity index (χ4v) is 2.41. The number of anilines is 2. The van der Waals surface area contributed by atoms with Gasteiger partial charge in [-0.1, -0.05) is 0 Å². The molecule has 1 aromatic heterocycles. The SMILES string of the molecule is COc1cc(NC(=O)NCc2cc(C)nc(N(C)C)n2)cc(OC)c1OC. The van der Waals surface area contributed by atoms with Crippen LogP contribution in [0.25, 0.3) is 0 Å². The van der Waals surface area contributed by atoms with Gasteiger partial charge in [0.25, 0.3) is 0 Å². The molecular formula is C18H25N5O4. The van der Waals surface area contributed by atoms with Gasteiger partial charge in [0.05, 0.1) is 39.3 Å². The molecular weight excluding hydrogens is 350 g/mol. The van der Waals surface area contributed by atoms with Crippen LogP contribution < -0.4 is 29.7 Å². The van der Waals surface area contributed by atoms with Gasteiger partial charge in [-0.15, -0.1) is 0 Å². The summed E-state index contributed by atoms with van der Waals surface area (Å²) in [6.45, 7) is 2.15. The van der Waals surface area contributed by atoms with Crippen LogP contribution in [0.3, 0.4) is 0 Å². The molecule has 0 bridgehead atoms. The zero-order valence-electron chi connectivity index (χ0n) is 16.4. The van der Waals surface area contributed by atoms with Crippen molar-refractivity contribution in [2.75, 3.05) is 45.6 Å². The number of hydrogen-bond acceptors (Lipinski definition) is 7. The predicted octanol–water partition coefficient (Wildman–Crippen LogP) is 2.20. The van der Waals surface area contributed by atoms with Crippen LogP contribution in [-0.2, 0) is 6.54 Å². The van der Waals surface area contributed by atoms with Crippen molar-refractivity contribution in [1.29, 1.82) is 0 Å². The minimum absolute atomic E-state index is 0.264. The summed E-state index contributed by atoms with van der Waals surface area (Å²) in [5, 5.41) is 5.52. The number of nitrogens with zero attached hydrogens (tertiary/aromatic N) is 3. The molecule has 0 atom stereocenters. The lowest BCUT2D eigenvalue weighted by molar-refractivity contribution is 0.251. The molecule has 0 fully saturated rings. The van der Waals surface area contributed by atoms with Gasteiger partial charge in [0.15, 0.2) is 11.5 Å². The van der Waals surface area contributed by atoms with Crippen LogP contribution in [0.15, 0.2) is 18.2 Å². The van der Waals surface area contributed by atoms with Gasteiger partial charge < -0.3 is 29.7 Å². The van der Waals surface area contributed by atoms with Crippen LogP contribution >= 0.6 is 0 Å². The summed E-state index contributed by atoms with van der Waals surface area (Å²) in [5.74, 6) is 1.96. The number of ether oxygens (including phenoxy) is 3. The smallest absolute Gasteiger partial charge is 0.319 e. The predicted molar refractivity (Wildman–Crippen MR) is 103 cm³/mol. The fourth-order valence-electron chi connectivity index (χ4n) is 2.41. The van der Waals surface area contributed by atoms with Gasteiger partial charge in [0.1, 0.15) is 0 Å². The van der Waals surface area contributed by atoms with Crippen molar-refractivity contribution in [2.45, 2.75) is 13.5 Å². The molecule has 0 aliphatic rings. The third-order valence-electron chi connectivity index (χ3n) is 3.65. The molecule has 0 aliphatic heterocycles. The molecule has 9 nitrogen and oxygen atoms in total. The van der Waals surface area contributed by atoms with E-state index in [-0.39, 0.29) is 12.6 Å². The summed E-state index contributed by atoms with van der Waals surface area (Å²) in [6, 6.07) is 4.75. The molecule has 0 saturated carbocycles. The Morgan fingerprint density at radius 2 is 1.67 bits per heavy atom. The summed E-state index contributed by atoms with van der Waals surface area (Å²) < 4.78 is 15.8. The number of carbonyl (C=O) groups is 1. The minimum atomic E-state index is -0.382. The molecule has 2 aromatic rings. The van der Waals surface area contributed by atoms with E-state index in [0.29, 0.717) is 34.6 Å². The van der Waals surface area contributed by atoms with E-state index in [1.165, 1.54) is 21.3 Å². The van der Waals surface area contributed by atoms with Crippen LogP contribution in [0.4, 0.5) is 16.4 Å². The maximum atomic E-state index is 12.3. The second-order valence-corrected chi connectivity index (χ2v) is 5.92. The number of methoxy groups -OCH3 is 3. The van der Waals surface area contributed by atoms with Gasteiger partial charge in [-0.3, -0.25) is 0 Å². The van der Waals surface area contributed by atoms with Gasteiger partial charge in [0, 0.05) is 31.9 Å². The van der Waals surface area contributed by atoms with Gasteiger partial charge in [-0.05, 0) is 13.0 Å². The summed E-state index contributed by atoms with van der Waals surface area (Å²) in [4.78, 5) is 22.8. The lowest BCUT2D eigenvalue weighted by Gasteiger charge is -2.15. The lowest BCUT2D eigenvalue weighted by Crippen LogP contribution is -2.29. The fraction of sp³-hybridized carbons (Fsp3) is 0.389. The molecule has 146 valence electrons. The van der Waals surface area contributed by atoms with Gasteiger partial charge in [-0.2, -0.15) is 0 Å². The highest BCUT2D eigenvalue weighted by molar-refractivity contribution is 5.90. The lowest BCUT2D eigenvalue weighted by atomic mass is 10.2. The van der Waals surface area contributed by atoms with Crippen molar-refractivity contribution in [3.63, 3.8) is 0 Å². The van der Waals surface area contributed by atoms with E-state index in [1.807, 2.05) is 32.0 Å².